The molecule has 0 unspecified atom stereocenters. The largest absolute Gasteiger partial charge is 0.394 e. The fraction of sp³-hybridized carbons (Fsp3) is 1.00. The SMILES string of the molecule is OC[C@H]1O[C@H]2O[C@H]([C@@H]2O)[C@@H]1O. The smallest absolute Gasteiger partial charge is 0.187 e. The molecule has 0 radical (unpaired) electrons. The fourth-order valence-corrected chi connectivity index (χ4v) is 1.39. The molecule has 3 heterocycles. The van der Waals surface area contributed by atoms with Crippen molar-refractivity contribution in [3.8, 4) is 0 Å². The molecule has 5 atom stereocenters. The first-order valence-corrected chi connectivity index (χ1v) is 3.52. The van der Waals surface area contributed by atoms with E-state index in [4.69, 9.17) is 19.7 Å². The van der Waals surface area contributed by atoms with Gasteiger partial charge in [-0.2, -0.15) is 0 Å². The predicted octanol–water partition coefficient (Wildman–Crippen LogP) is -2.18. The van der Waals surface area contributed by atoms with E-state index in [1.54, 1.807) is 0 Å². The molecule has 0 aliphatic carbocycles. The summed E-state index contributed by atoms with van der Waals surface area (Å²) >= 11 is 0. The summed E-state index contributed by atoms with van der Waals surface area (Å²) in [6.45, 7) is -0.246. The van der Waals surface area contributed by atoms with Crippen LogP contribution in [0.4, 0.5) is 0 Å². The normalized spacial score (nSPS) is 55.4. The Bertz CT molecular complexity index is 159. The Kier molecular flexibility index (Phi) is 1.62. The molecule has 3 rings (SSSR count). The maximum Gasteiger partial charge on any atom is 0.187 e. The number of fused-ring (bicyclic) bond motifs is 2. The fourth-order valence-electron chi connectivity index (χ4n) is 1.39. The Morgan fingerprint density at radius 3 is 2.27 bits per heavy atom. The van der Waals surface area contributed by atoms with E-state index in [0.717, 1.165) is 0 Å². The summed E-state index contributed by atoms with van der Waals surface area (Å²) in [6, 6.07) is 0. The van der Waals surface area contributed by atoms with Gasteiger partial charge >= 0.3 is 0 Å². The van der Waals surface area contributed by atoms with Gasteiger partial charge < -0.3 is 24.8 Å². The highest BCUT2D eigenvalue weighted by molar-refractivity contribution is 4.97. The summed E-state index contributed by atoms with van der Waals surface area (Å²) < 4.78 is 9.85. The lowest BCUT2D eigenvalue weighted by atomic mass is 9.94. The van der Waals surface area contributed by atoms with Gasteiger partial charge in [-0.15, -0.1) is 0 Å². The van der Waals surface area contributed by atoms with Crippen molar-refractivity contribution in [2.24, 2.45) is 0 Å². The third-order valence-corrected chi connectivity index (χ3v) is 2.11. The molecule has 5 heteroatoms. The van der Waals surface area contributed by atoms with Gasteiger partial charge in [-0.05, 0) is 0 Å². The molecule has 2 bridgehead atoms. The first kappa shape index (κ1) is 7.45. The average Bonchev–Trinajstić information content (AvgIpc) is 2.03. The summed E-state index contributed by atoms with van der Waals surface area (Å²) in [4.78, 5) is 0. The minimum atomic E-state index is -0.917. The van der Waals surface area contributed by atoms with Crippen LogP contribution in [0.2, 0.25) is 0 Å². The maximum atomic E-state index is 9.28. The van der Waals surface area contributed by atoms with Crippen molar-refractivity contribution >= 4 is 0 Å². The van der Waals surface area contributed by atoms with E-state index >= 15 is 0 Å². The third-order valence-electron chi connectivity index (χ3n) is 2.11. The zero-order valence-electron chi connectivity index (χ0n) is 5.75. The van der Waals surface area contributed by atoms with E-state index in [-0.39, 0.29) is 6.61 Å². The van der Waals surface area contributed by atoms with E-state index in [1.165, 1.54) is 0 Å². The predicted molar refractivity (Wildman–Crippen MR) is 32.6 cm³/mol. The second-order valence-electron chi connectivity index (χ2n) is 2.81. The first-order chi connectivity index (χ1) is 5.24. The van der Waals surface area contributed by atoms with Crippen LogP contribution in [-0.4, -0.2) is 52.6 Å². The number of hydrogen-bond donors (Lipinski definition) is 3. The van der Waals surface area contributed by atoms with Crippen molar-refractivity contribution < 1.29 is 24.8 Å². The summed E-state index contributed by atoms with van der Waals surface area (Å²) in [7, 11) is 0. The van der Waals surface area contributed by atoms with Crippen molar-refractivity contribution in [3.05, 3.63) is 0 Å². The van der Waals surface area contributed by atoms with Gasteiger partial charge in [0.1, 0.15) is 24.4 Å². The number of hydrogen-bond acceptors (Lipinski definition) is 5. The number of aliphatic hydroxyl groups excluding tert-OH is 3. The van der Waals surface area contributed by atoms with E-state index in [0.29, 0.717) is 0 Å². The highest BCUT2D eigenvalue weighted by Crippen LogP contribution is 2.33. The quantitative estimate of drug-likeness (QED) is 0.408. The monoisotopic (exact) mass is 162 g/mol. The van der Waals surface area contributed by atoms with Crippen LogP contribution in [0.25, 0.3) is 0 Å². The van der Waals surface area contributed by atoms with Crippen LogP contribution >= 0.6 is 0 Å². The number of aliphatic hydroxyl groups is 3. The lowest BCUT2D eigenvalue weighted by molar-refractivity contribution is -0.407. The topological polar surface area (TPSA) is 79.2 Å². The van der Waals surface area contributed by atoms with Gasteiger partial charge in [-0.3, -0.25) is 0 Å². The number of ether oxygens (including phenoxy) is 2. The molecule has 3 N–H and O–H groups in total. The van der Waals surface area contributed by atoms with Crippen molar-refractivity contribution in [2.75, 3.05) is 6.61 Å². The van der Waals surface area contributed by atoms with Gasteiger partial charge in [0.2, 0.25) is 0 Å². The lowest BCUT2D eigenvalue weighted by Gasteiger charge is -2.51. The van der Waals surface area contributed by atoms with Gasteiger partial charge in [-0.25, -0.2) is 0 Å². The third kappa shape index (κ3) is 0.896. The van der Waals surface area contributed by atoms with Crippen LogP contribution in [0.1, 0.15) is 0 Å². The Morgan fingerprint density at radius 2 is 1.82 bits per heavy atom. The summed E-state index contributed by atoms with van der Waals surface area (Å²) in [5.74, 6) is 0. The van der Waals surface area contributed by atoms with Crippen molar-refractivity contribution in [3.63, 3.8) is 0 Å². The summed E-state index contributed by atoms with van der Waals surface area (Å²) in [6.07, 6.45) is -3.50. The van der Waals surface area contributed by atoms with Gasteiger partial charge in [0.15, 0.2) is 6.29 Å². The molecule has 64 valence electrons. The van der Waals surface area contributed by atoms with Gasteiger partial charge in [0.25, 0.3) is 0 Å². The summed E-state index contributed by atoms with van der Waals surface area (Å²) in [5, 5.41) is 27.1. The van der Waals surface area contributed by atoms with Crippen molar-refractivity contribution in [1.82, 2.24) is 0 Å². The van der Waals surface area contributed by atoms with E-state index < -0.39 is 30.7 Å². The Labute approximate surface area is 63.2 Å². The van der Waals surface area contributed by atoms with Gasteiger partial charge in [-0.1, -0.05) is 0 Å². The van der Waals surface area contributed by atoms with Crippen LogP contribution < -0.4 is 0 Å². The second kappa shape index (κ2) is 2.40. The standard InChI is InChI=1S/C6H10O5/c7-1-2-3(8)5-4(9)6(10-2)11-5/h2-9H,1H2/t2-,3-,4+,5+,6+/m1/s1. The minimum Gasteiger partial charge on any atom is -0.394 e. The van der Waals surface area contributed by atoms with Crippen LogP contribution in [0.3, 0.4) is 0 Å². The van der Waals surface area contributed by atoms with Crippen LogP contribution in [0.15, 0.2) is 0 Å². The minimum absolute atomic E-state index is 0.246. The van der Waals surface area contributed by atoms with Crippen LogP contribution in [0.5, 0.6) is 0 Å². The van der Waals surface area contributed by atoms with Gasteiger partial charge in [0.05, 0.1) is 6.61 Å². The van der Waals surface area contributed by atoms with Crippen LogP contribution in [0, 0.1) is 0 Å². The van der Waals surface area contributed by atoms with E-state index in [9.17, 15) is 5.11 Å². The van der Waals surface area contributed by atoms with Crippen molar-refractivity contribution in [1.29, 1.82) is 0 Å². The second-order valence-corrected chi connectivity index (χ2v) is 2.81. The first-order valence-electron chi connectivity index (χ1n) is 3.52. The Hall–Kier alpha value is -0.200. The average molecular weight is 162 g/mol. The maximum absolute atomic E-state index is 9.28. The molecule has 0 saturated carbocycles. The zero-order chi connectivity index (χ0) is 8.01. The van der Waals surface area contributed by atoms with Gasteiger partial charge in [0, 0.05) is 0 Å². The molecule has 3 fully saturated rings. The van der Waals surface area contributed by atoms with E-state index in [1.807, 2.05) is 0 Å². The Morgan fingerprint density at radius 1 is 1.09 bits per heavy atom. The molecule has 11 heavy (non-hydrogen) atoms. The molecule has 5 nitrogen and oxygen atoms in total. The molecule has 0 aromatic rings. The molecule has 0 aromatic heterocycles. The molecular formula is C6H10O5. The molecule has 0 spiro atoms. The molecule has 0 aromatic carbocycles. The van der Waals surface area contributed by atoms with Crippen LogP contribution in [-0.2, 0) is 9.47 Å². The molecule has 3 aliphatic rings. The highest BCUT2D eigenvalue weighted by atomic mass is 16.8. The lowest BCUT2D eigenvalue weighted by Crippen LogP contribution is -2.69. The highest BCUT2D eigenvalue weighted by Gasteiger charge is 2.54. The van der Waals surface area contributed by atoms with Crippen molar-refractivity contribution in [2.45, 2.75) is 30.7 Å². The molecule has 0 amide bonds. The van der Waals surface area contributed by atoms with E-state index in [2.05, 4.69) is 0 Å². The molecule has 3 saturated heterocycles. The summed E-state index contributed by atoms with van der Waals surface area (Å²) in [5.41, 5.74) is 0. The zero-order valence-corrected chi connectivity index (χ0v) is 5.75. The molecule has 3 aliphatic heterocycles. The Balaban J connectivity index is 2.03. The number of rotatable bonds is 1. The molecular weight excluding hydrogens is 152 g/mol.